The van der Waals surface area contributed by atoms with Gasteiger partial charge in [0.25, 0.3) is 0 Å². The molecule has 1 fully saturated rings. The quantitative estimate of drug-likeness (QED) is 0.380. The van der Waals surface area contributed by atoms with E-state index < -0.39 is 5.97 Å². The first-order valence-electron chi connectivity index (χ1n) is 12.6. The summed E-state index contributed by atoms with van der Waals surface area (Å²) in [7, 11) is 1.68. The Hall–Kier alpha value is -2.99. The molecule has 0 unspecified atom stereocenters. The number of nitrogens with zero attached hydrogens (tertiary/aromatic N) is 2. The van der Waals surface area contributed by atoms with E-state index in [0.29, 0.717) is 5.92 Å². The highest BCUT2D eigenvalue weighted by Crippen LogP contribution is 2.32. The van der Waals surface area contributed by atoms with Gasteiger partial charge in [-0.25, -0.2) is 4.39 Å². The van der Waals surface area contributed by atoms with Gasteiger partial charge in [0.05, 0.1) is 12.6 Å². The molecule has 2 heterocycles. The fraction of sp³-hybridized carbons (Fsp3) is 0.448. The van der Waals surface area contributed by atoms with Crippen LogP contribution in [0, 0.1) is 17.7 Å². The lowest BCUT2D eigenvalue weighted by Crippen LogP contribution is -2.41. The summed E-state index contributed by atoms with van der Waals surface area (Å²) in [6, 6.07) is 14.8. The van der Waals surface area contributed by atoms with E-state index in [-0.39, 0.29) is 18.2 Å². The molecule has 5 nitrogen and oxygen atoms in total. The SMILES string of the molecule is COc1ccc2nccc(CCC[C@@H]3CCN(CCCc4ccc(F)cc4)C[C@@H]3CC(=O)O)c2c1. The van der Waals surface area contributed by atoms with Gasteiger partial charge in [-0.3, -0.25) is 9.78 Å². The number of hydrogen-bond acceptors (Lipinski definition) is 4. The number of carboxylic acid groups (broad SMARTS) is 1. The first-order valence-corrected chi connectivity index (χ1v) is 12.6. The number of halogens is 1. The van der Waals surface area contributed by atoms with Crippen molar-refractivity contribution < 1.29 is 19.0 Å². The molecule has 3 aromatic rings. The third-order valence-corrected chi connectivity index (χ3v) is 7.33. The van der Waals surface area contributed by atoms with Crippen LogP contribution >= 0.6 is 0 Å². The minimum absolute atomic E-state index is 0.182. The molecule has 0 amide bonds. The van der Waals surface area contributed by atoms with Gasteiger partial charge in [-0.15, -0.1) is 0 Å². The number of ether oxygens (including phenoxy) is 1. The van der Waals surface area contributed by atoms with Gasteiger partial charge in [0, 0.05) is 24.5 Å². The molecule has 0 spiro atoms. The Bertz CT molecular complexity index is 1120. The van der Waals surface area contributed by atoms with Crippen LogP contribution in [-0.4, -0.2) is 47.7 Å². The fourth-order valence-corrected chi connectivity index (χ4v) is 5.43. The Morgan fingerprint density at radius 1 is 1.11 bits per heavy atom. The molecule has 4 rings (SSSR count). The highest BCUT2D eigenvalue weighted by Gasteiger charge is 2.30. The summed E-state index contributed by atoms with van der Waals surface area (Å²) in [4.78, 5) is 18.5. The number of likely N-dealkylation sites (tertiary alicyclic amines) is 1. The summed E-state index contributed by atoms with van der Waals surface area (Å²) < 4.78 is 18.5. The number of aryl methyl sites for hydroxylation is 2. The van der Waals surface area contributed by atoms with E-state index in [9.17, 15) is 14.3 Å². The number of piperidine rings is 1. The van der Waals surface area contributed by atoms with Crippen LogP contribution in [-0.2, 0) is 17.6 Å². The molecule has 35 heavy (non-hydrogen) atoms. The van der Waals surface area contributed by atoms with E-state index in [2.05, 4.69) is 22.0 Å². The number of hydrogen-bond donors (Lipinski definition) is 1. The van der Waals surface area contributed by atoms with Gasteiger partial charge in [-0.1, -0.05) is 12.1 Å². The van der Waals surface area contributed by atoms with Crippen molar-refractivity contribution in [3.8, 4) is 5.75 Å². The van der Waals surface area contributed by atoms with E-state index in [1.165, 1.54) is 17.7 Å². The first kappa shape index (κ1) is 25.1. The molecule has 0 radical (unpaired) electrons. The molecule has 1 aromatic heterocycles. The second kappa shape index (κ2) is 12.1. The minimum atomic E-state index is -0.708. The Balaban J connectivity index is 1.30. The van der Waals surface area contributed by atoms with Gasteiger partial charge in [0.1, 0.15) is 11.6 Å². The number of rotatable bonds is 11. The normalized spacial score (nSPS) is 18.6. The smallest absolute Gasteiger partial charge is 0.303 e. The molecule has 0 aliphatic carbocycles. The van der Waals surface area contributed by atoms with Crippen molar-refractivity contribution in [2.45, 2.75) is 44.9 Å². The molecule has 1 saturated heterocycles. The second-order valence-electron chi connectivity index (χ2n) is 9.68. The van der Waals surface area contributed by atoms with E-state index in [1.807, 2.05) is 30.5 Å². The predicted octanol–water partition coefficient (Wildman–Crippen LogP) is 5.75. The summed E-state index contributed by atoms with van der Waals surface area (Å²) in [5.74, 6) is 0.535. The number of carboxylic acids is 1. The Labute approximate surface area is 206 Å². The Morgan fingerprint density at radius 2 is 1.94 bits per heavy atom. The summed E-state index contributed by atoms with van der Waals surface area (Å²) in [6.45, 7) is 2.81. The fourth-order valence-electron chi connectivity index (χ4n) is 5.43. The van der Waals surface area contributed by atoms with Crippen LogP contribution < -0.4 is 4.74 Å². The van der Waals surface area contributed by atoms with Crippen LogP contribution in [0.15, 0.2) is 54.7 Å². The zero-order valence-electron chi connectivity index (χ0n) is 20.5. The number of pyridine rings is 1. The van der Waals surface area contributed by atoms with Crippen molar-refractivity contribution in [1.82, 2.24) is 9.88 Å². The lowest BCUT2D eigenvalue weighted by Gasteiger charge is -2.38. The molecule has 1 aliphatic rings. The molecule has 2 aromatic carbocycles. The molecule has 6 heteroatoms. The number of benzene rings is 2. The van der Waals surface area contributed by atoms with Gasteiger partial charge >= 0.3 is 5.97 Å². The summed E-state index contributed by atoms with van der Waals surface area (Å²) in [5.41, 5.74) is 3.38. The van der Waals surface area contributed by atoms with Crippen LogP contribution in [0.1, 0.15) is 43.2 Å². The van der Waals surface area contributed by atoms with E-state index in [1.54, 1.807) is 7.11 Å². The topological polar surface area (TPSA) is 62.7 Å². The molecular formula is C29H35FN2O3. The third kappa shape index (κ3) is 7.01. The lowest BCUT2D eigenvalue weighted by molar-refractivity contribution is -0.139. The van der Waals surface area contributed by atoms with Gasteiger partial charge in [0.15, 0.2) is 0 Å². The lowest BCUT2D eigenvalue weighted by atomic mass is 9.79. The standard InChI is InChI=1S/C29H35FN2O3/c1-35-26-11-12-28-27(19-26)23(13-15-31-28)6-2-5-22-14-17-32(20-24(22)18-29(33)34)16-3-4-21-7-9-25(30)10-8-21/h7-13,15,19,22,24H,2-6,14,16-18,20H2,1H3,(H,33,34)/t22-,24+/m1/s1. The van der Waals surface area contributed by atoms with Crippen molar-refractivity contribution >= 4 is 16.9 Å². The maximum Gasteiger partial charge on any atom is 0.303 e. The van der Waals surface area contributed by atoms with Crippen LogP contribution in [0.4, 0.5) is 4.39 Å². The monoisotopic (exact) mass is 478 g/mol. The number of aliphatic carboxylic acids is 1. The maximum atomic E-state index is 13.1. The van der Waals surface area contributed by atoms with Gasteiger partial charge in [-0.2, -0.15) is 0 Å². The van der Waals surface area contributed by atoms with Crippen molar-refractivity contribution in [3.05, 3.63) is 71.7 Å². The van der Waals surface area contributed by atoms with Crippen molar-refractivity contribution in [2.24, 2.45) is 11.8 Å². The summed E-state index contributed by atoms with van der Waals surface area (Å²) in [6.07, 6.45) is 8.06. The number of fused-ring (bicyclic) bond motifs is 1. The van der Waals surface area contributed by atoms with Gasteiger partial charge in [-0.05, 0) is 111 Å². The highest BCUT2D eigenvalue weighted by atomic mass is 19.1. The van der Waals surface area contributed by atoms with Gasteiger partial charge < -0.3 is 14.7 Å². The number of aromatic nitrogens is 1. The van der Waals surface area contributed by atoms with Gasteiger partial charge in [0.2, 0.25) is 0 Å². The van der Waals surface area contributed by atoms with Crippen LogP contribution in [0.2, 0.25) is 0 Å². The maximum absolute atomic E-state index is 13.1. The average Bonchev–Trinajstić information content (AvgIpc) is 2.86. The Kier molecular flexibility index (Phi) is 8.69. The van der Waals surface area contributed by atoms with E-state index in [0.717, 1.165) is 80.4 Å². The van der Waals surface area contributed by atoms with Crippen molar-refractivity contribution in [1.29, 1.82) is 0 Å². The zero-order valence-corrected chi connectivity index (χ0v) is 20.5. The van der Waals surface area contributed by atoms with Crippen LogP contribution in [0.3, 0.4) is 0 Å². The number of methoxy groups -OCH3 is 1. The molecule has 1 aliphatic heterocycles. The largest absolute Gasteiger partial charge is 0.497 e. The van der Waals surface area contributed by atoms with E-state index >= 15 is 0 Å². The minimum Gasteiger partial charge on any atom is -0.497 e. The number of carbonyl (C=O) groups is 1. The highest BCUT2D eigenvalue weighted by molar-refractivity contribution is 5.83. The molecule has 0 bridgehead atoms. The zero-order chi connectivity index (χ0) is 24.6. The molecule has 2 atom stereocenters. The predicted molar refractivity (Wildman–Crippen MR) is 136 cm³/mol. The molecular weight excluding hydrogens is 443 g/mol. The van der Waals surface area contributed by atoms with Crippen LogP contribution in [0.25, 0.3) is 10.9 Å². The van der Waals surface area contributed by atoms with Crippen molar-refractivity contribution in [3.63, 3.8) is 0 Å². The molecule has 186 valence electrons. The van der Waals surface area contributed by atoms with E-state index in [4.69, 9.17) is 4.74 Å². The average molecular weight is 479 g/mol. The Morgan fingerprint density at radius 3 is 2.71 bits per heavy atom. The second-order valence-corrected chi connectivity index (χ2v) is 9.68. The summed E-state index contributed by atoms with van der Waals surface area (Å²) in [5, 5.41) is 10.6. The summed E-state index contributed by atoms with van der Waals surface area (Å²) >= 11 is 0. The van der Waals surface area contributed by atoms with Crippen LogP contribution in [0.5, 0.6) is 5.75 Å². The van der Waals surface area contributed by atoms with Crippen molar-refractivity contribution in [2.75, 3.05) is 26.7 Å². The first-order chi connectivity index (χ1) is 17.0. The molecule has 1 N–H and O–H groups in total. The third-order valence-electron chi connectivity index (χ3n) is 7.33. The molecule has 0 saturated carbocycles.